The monoisotopic (exact) mass is 288 g/mol. The molecule has 0 heterocycles. The van der Waals surface area contributed by atoms with Crippen molar-refractivity contribution in [3.8, 4) is 5.75 Å². The molecule has 5 heteroatoms. The number of thioether (sulfide) groups is 1. The standard InChI is InChI=1S/C13H20O3S2/c1-3-4-9-17-10-8-16-12-6-5-7-13(11-12)18(2,14)15/h5-7,11H,3-4,8-10H2,1-2H3. The summed E-state index contributed by atoms with van der Waals surface area (Å²) >= 11 is 1.86. The number of hydrogen-bond acceptors (Lipinski definition) is 4. The minimum absolute atomic E-state index is 0.304. The average Bonchev–Trinajstić information content (AvgIpc) is 2.33. The maximum atomic E-state index is 11.4. The third-order valence-electron chi connectivity index (χ3n) is 2.37. The fourth-order valence-corrected chi connectivity index (χ4v) is 2.92. The van der Waals surface area contributed by atoms with Gasteiger partial charge in [-0.2, -0.15) is 11.8 Å². The van der Waals surface area contributed by atoms with Crippen LogP contribution in [-0.4, -0.2) is 32.8 Å². The van der Waals surface area contributed by atoms with E-state index in [1.165, 1.54) is 19.1 Å². The number of benzene rings is 1. The van der Waals surface area contributed by atoms with Crippen LogP contribution < -0.4 is 4.74 Å². The summed E-state index contributed by atoms with van der Waals surface area (Å²) < 4.78 is 28.3. The predicted octanol–water partition coefficient (Wildman–Crippen LogP) is 3.00. The van der Waals surface area contributed by atoms with Crippen molar-refractivity contribution in [2.24, 2.45) is 0 Å². The van der Waals surface area contributed by atoms with E-state index in [2.05, 4.69) is 6.92 Å². The summed E-state index contributed by atoms with van der Waals surface area (Å²) in [5.74, 6) is 2.71. The highest BCUT2D eigenvalue weighted by atomic mass is 32.2. The summed E-state index contributed by atoms with van der Waals surface area (Å²) in [6.07, 6.45) is 3.64. The number of ether oxygens (including phenoxy) is 1. The highest BCUT2D eigenvalue weighted by Gasteiger charge is 2.07. The van der Waals surface area contributed by atoms with Crippen molar-refractivity contribution >= 4 is 21.6 Å². The number of unbranched alkanes of at least 4 members (excludes halogenated alkanes) is 1. The van der Waals surface area contributed by atoms with Gasteiger partial charge in [0.1, 0.15) is 5.75 Å². The first-order valence-corrected chi connectivity index (χ1v) is 9.09. The molecule has 0 amide bonds. The Balaban J connectivity index is 2.39. The van der Waals surface area contributed by atoms with Crippen molar-refractivity contribution in [1.82, 2.24) is 0 Å². The van der Waals surface area contributed by atoms with Gasteiger partial charge in [0.2, 0.25) is 0 Å². The van der Waals surface area contributed by atoms with Crippen molar-refractivity contribution in [3.05, 3.63) is 24.3 Å². The molecule has 0 spiro atoms. The van der Waals surface area contributed by atoms with Gasteiger partial charge < -0.3 is 4.74 Å². The van der Waals surface area contributed by atoms with Crippen molar-refractivity contribution in [3.63, 3.8) is 0 Å². The second-order valence-electron chi connectivity index (χ2n) is 4.06. The summed E-state index contributed by atoms with van der Waals surface area (Å²) in [4.78, 5) is 0.304. The van der Waals surface area contributed by atoms with Gasteiger partial charge >= 0.3 is 0 Å². The lowest BCUT2D eigenvalue weighted by molar-refractivity contribution is 0.343. The van der Waals surface area contributed by atoms with Gasteiger partial charge in [-0.1, -0.05) is 19.4 Å². The Hall–Kier alpha value is -0.680. The van der Waals surface area contributed by atoms with Crippen molar-refractivity contribution < 1.29 is 13.2 Å². The fourth-order valence-electron chi connectivity index (χ4n) is 1.36. The maximum absolute atomic E-state index is 11.4. The molecule has 0 N–H and O–H groups in total. The zero-order chi connectivity index (χ0) is 13.4. The summed E-state index contributed by atoms with van der Waals surface area (Å²) in [6.45, 7) is 2.79. The Morgan fingerprint density at radius 1 is 1.28 bits per heavy atom. The largest absolute Gasteiger partial charge is 0.493 e. The van der Waals surface area contributed by atoms with E-state index in [0.717, 1.165) is 11.5 Å². The highest BCUT2D eigenvalue weighted by Crippen LogP contribution is 2.17. The lowest BCUT2D eigenvalue weighted by atomic mass is 10.3. The van der Waals surface area contributed by atoms with Crippen molar-refractivity contribution in [2.45, 2.75) is 24.7 Å². The molecular weight excluding hydrogens is 268 g/mol. The minimum atomic E-state index is -3.15. The van der Waals surface area contributed by atoms with Crippen LogP contribution in [0.3, 0.4) is 0 Å². The molecule has 0 aliphatic carbocycles. The van der Waals surface area contributed by atoms with Gasteiger partial charge in [0, 0.05) is 12.0 Å². The van der Waals surface area contributed by atoms with E-state index in [-0.39, 0.29) is 0 Å². The van der Waals surface area contributed by atoms with E-state index in [1.54, 1.807) is 24.3 Å². The summed E-state index contributed by atoms with van der Waals surface area (Å²) in [5, 5.41) is 0. The van der Waals surface area contributed by atoms with E-state index < -0.39 is 9.84 Å². The van der Waals surface area contributed by atoms with Crippen molar-refractivity contribution in [1.29, 1.82) is 0 Å². The van der Waals surface area contributed by atoms with Crippen LogP contribution in [-0.2, 0) is 9.84 Å². The Labute approximate surface area is 114 Å². The average molecular weight is 288 g/mol. The van der Waals surface area contributed by atoms with Gasteiger partial charge in [0.25, 0.3) is 0 Å². The van der Waals surface area contributed by atoms with Gasteiger partial charge in [-0.15, -0.1) is 0 Å². The van der Waals surface area contributed by atoms with Gasteiger partial charge in [0.05, 0.1) is 11.5 Å². The fraction of sp³-hybridized carbons (Fsp3) is 0.538. The molecule has 3 nitrogen and oxygen atoms in total. The molecule has 102 valence electrons. The summed E-state index contributed by atoms with van der Waals surface area (Å²) in [6, 6.07) is 6.64. The second kappa shape index (κ2) is 7.69. The van der Waals surface area contributed by atoms with Crippen LogP contribution in [0.5, 0.6) is 5.75 Å². The Kier molecular flexibility index (Phi) is 6.57. The topological polar surface area (TPSA) is 43.4 Å². The molecule has 18 heavy (non-hydrogen) atoms. The van der Waals surface area contributed by atoms with Gasteiger partial charge in [0.15, 0.2) is 9.84 Å². The normalized spacial score (nSPS) is 11.4. The first kappa shape index (κ1) is 15.4. The number of sulfone groups is 1. The van der Waals surface area contributed by atoms with Crippen LogP contribution in [0.25, 0.3) is 0 Å². The Bertz CT molecular complexity index is 455. The molecule has 0 bridgehead atoms. The predicted molar refractivity (Wildman–Crippen MR) is 77.3 cm³/mol. The Morgan fingerprint density at radius 3 is 2.72 bits per heavy atom. The number of hydrogen-bond donors (Lipinski definition) is 0. The molecule has 0 aliphatic heterocycles. The first-order valence-electron chi connectivity index (χ1n) is 6.04. The van der Waals surface area contributed by atoms with Gasteiger partial charge in [-0.05, 0) is 30.4 Å². The van der Waals surface area contributed by atoms with Crippen LogP contribution in [0.15, 0.2) is 29.2 Å². The zero-order valence-corrected chi connectivity index (χ0v) is 12.5. The van der Waals surface area contributed by atoms with E-state index in [9.17, 15) is 8.42 Å². The molecular formula is C13H20O3S2. The molecule has 0 saturated heterocycles. The molecule has 0 aromatic heterocycles. The molecule has 0 saturated carbocycles. The molecule has 1 rings (SSSR count). The van der Waals surface area contributed by atoms with E-state index >= 15 is 0 Å². The third-order valence-corrected chi connectivity index (χ3v) is 4.52. The number of rotatable bonds is 8. The minimum Gasteiger partial charge on any atom is -0.493 e. The van der Waals surface area contributed by atoms with E-state index in [0.29, 0.717) is 17.3 Å². The zero-order valence-electron chi connectivity index (χ0n) is 10.9. The second-order valence-corrected chi connectivity index (χ2v) is 7.30. The molecule has 0 aliphatic rings. The molecule has 0 fully saturated rings. The smallest absolute Gasteiger partial charge is 0.175 e. The summed E-state index contributed by atoms with van der Waals surface area (Å²) in [5.41, 5.74) is 0. The SMILES string of the molecule is CCCCSCCOc1cccc(S(C)(=O)=O)c1. The Morgan fingerprint density at radius 2 is 2.06 bits per heavy atom. The molecule has 0 radical (unpaired) electrons. The summed E-state index contributed by atoms with van der Waals surface area (Å²) in [7, 11) is -3.15. The van der Waals surface area contributed by atoms with Crippen LogP contribution in [0.1, 0.15) is 19.8 Å². The van der Waals surface area contributed by atoms with E-state index in [4.69, 9.17) is 4.74 Å². The van der Waals surface area contributed by atoms with Gasteiger partial charge in [-0.25, -0.2) is 8.42 Å². The van der Waals surface area contributed by atoms with Crippen LogP contribution >= 0.6 is 11.8 Å². The van der Waals surface area contributed by atoms with Crippen LogP contribution in [0, 0.1) is 0 Å². The van der Waals surface area contributed by atoms with Crippen LogP contribution in [0.4, 0.5) is 0 Å². The molecule has 0 unspecified atom stereocenters. The lowest BCUT2D eigenvalue weighted by Gasteiger charge is -2.07. The maximum Gasteiger partial charge on any atom is 0.175 e. The van der Waals surface area contributed by atoms with E-state index in [1.807, 2.05) is 11.8 Å². The highest BCUT2D eigenvalue weighted by molar-refractivity contribution is 7.99. The van der Waals surface area contributed by atoms with Crippen LogP contribution in [0.2, 0.25) is 0 Å². The first-order chi connectivity index (χ1) is 8.54. The van der Waals surface area contributed by atoms with Gasteiger partial charge in [-0.3, -0.25) is 0 Å². The third kappa shape index (κ3) is 5.78. The molecule has 0 atom stereocenters. The molecule has 1 aromatic rings. The lowest BCUT2D eigenvalue weighted by Crippen LogP contribution is -2.02. The van der Waals surface area contributed by atoms with Crippen molar-refractivity contribution in [2.75, 3.05) is 24.4 Å². The quantitative estimate of drug-likeness (QED) is 0.690. The molecule has 1 aromatic carbocycles.